The van der Waals surface area contributed by atoms with Crippen LogP contribution in [0.3, 0.4) is 0 Å². The third-order valence-corrected chi connectivity index (χ3v) is 11.0. The standard InChI is InChI=1S/C49H34/c1-49(2)44-25-12-11-24-42(44)48-37-19-6-5-18-36(37)43(30-45(48)49)47-40-22-9-7-20-38(40)46(39-21-8-10-23-41(39)47)35-17-13-16-33(29-35)34-27-26-31-14-3-4-15-32(31)28-34/h3-30H,1-2H3. The maximum Gasteiger partial charge on any atom is 0.0159 e. The Morgan fingerprint density at radius 1 is 0.306 bits per heavy atom. The van der Waals surface area contributed by atoms with E-state index in [0.717, 1.165) is 0 Å². The SMILES string of the molecule is CC1(C)c2ccccc2-c2c1cc(-c1c3ccccc3c(-c3cccc(-c4ccc5ccccc5c4)c3)c3ccccc13)c1ccccc21. The summed E-state index contributed by atoms with van der Waals surface area (Å²) in [6, 6.07) is 63.1. The van der Waals surface area contributed by atoms with Crippen molar-refractivity contribution >= 4 is 43.1 Å². The van der Waals surface area contributed by atoms with Gasteiger partial charge in [-0.3, -0.25) is 0 Å². The van der Waals surface area contributed by atoms with Crippen molar-refractivity contribution in [2.24, 2.45) is 0 Å². The average molecular weight is 623 g/mol. The van der Waals surface area contributed by atoms with Gasteiger partial charge in [-0.15, -0.1) is 0 Å². The molecule has 1 aliphatic rings. The lowest BCUT2D eigenvalue weighted by Gasteiger charge is -2.24. The van der Waals surface area contributed by atoms with Crippen LogP contribution in [0.25, 0.3) is 87.6 Å². The molecule has 0 aliphatic heterocycles. The monoisotopic (exact) mass is 622 g/mol. The Morgan fingerprint density at radius 3 is 1.55 bits per heavy atom. The molecular weight excluding hydrogens is 589 g/mol. The van der Waals surface area contributed by atoms with Crippen LogP contribution < -0.4 is 0 Å². The second-order valence-electron chi connectivity index (χ2n) is 14.0. The van der Waals surface area contributed by atoms with Crippen molar-refractivity contribution in [2.75, 3.05) is 0 Å². The van der Waals surface area contributed by atoms with E-state index in [1.54, 1.807) is 0 Å². The zero-order valence-corrected chi connectivity index (χ0v) is 27.7. The van der Waals surface area contributed by atoms with Gasteiger partial charge in [0, 0.05) is 5.41 Å². The summed E-state index contributed by atoms with van der Waals surface area (Å²) in [5, 5.41) is 10.3. The predicted octanol–water partition coefficient (Wildman–Crippen LogP) is 13.6. The third-order valence-electron chi connectivity index (χ3n) is 11.0. The Balaban J connectivity index is 1.26. The fourth-order valence-corrected chi connectivity index (χ4v) is 8.71. The molecule has 0 heterocycles. The van der Waals surface area contributed by atoms with E-state index in [1.165, 1.54) is 98.7 Å². The van der Waals surface area contributed by atoms with Crippen LogP contribution in [0.4, 0.5) is 0 Å². The van der Waals surface area contributed by atoms with Crippen molar-refractivity contribution in [1.82, 2.24) is 0 Å². The molecule has 0 N–H and O–H groups in total. The largest absolute Gasteiger partial charge is 0.0619 e. The molecule has 0 radical (unpaired) electrons. The molecule has 0 saturated heterocycles. The minimum absolute atomic E-state index is 0.0978. The molecule has 0 aromatic heterocycles. The van der Waals surface area contributed by atoms with Crippen molar-refractivity contribution in [3.63, 3.8) is 0 Å². The number of hydrogen-bond donors (Lipinski definition) is 0. The van der Waals surface area contributed by atoms with E-state index in [-0.39, 0.29) is 5.41 Å². The average Bonchev–Trinajstić information content (AvgIpc) is 3.39. The summed E-state index contributed by atoms with van der Waals surface area (Å²) < 4.78 is 0. The zero-order chi connectivity index (χ0) is 32.7. The molecule has 0 fully saturated rings. The highest BCUT2D eigenvalue weighted by Crippen LogP contribution is 2.54. The van der Waals surface area contributed by atoms with E-state index < -0.39 is 0 Å². The molecule has 9 aromatic rings. The normalized spacial score (nSPS) is 13.3. The lowest BCUT2D eigenvalue weighted by molar-refractivity contribution is 0.661. The first-order valence-corrected chi connectivity index (χ1v) is 17.3. The molecule has 1 aliphatic carbocycles. The van der Waals surface area contributed by atoms with Crippen molar-refractivity contribution in [3.05, 3.63) is 181 Å². The van der Waals surface area contributed by atoms with Crippen LogP contribution in [-0.4, -0.2) is 0 Å². The third kappa shape index (κ3) is 4.11. The molecule has 0 amide bonds. The minimum Gasteiger partial charge on any atom is -0.0619 e. The highest BCUT2D eigenvalue weighted by molar-refractivity contribution is 6.24. The summed E-state index contributed by atoms with van der Waals surface area (Å²) in [4.78, 5) is 0. The van der Waals surface area contributed by atoms with Gasteiger partial charge in [-0.05, 0) is 117 Å². The van der Waals surface area contributed by atoms with Gasteiger partial charge in [0.2, 0.25) is 0 Å². The van der Waals surface area contributed by atoms with Gasteiger partial charge in [0.1, 0.15) is 0 Å². The molecule has 0 atom stereocenters. The summed E-state index contributed by atoms with van der Waals surface area (Å²) in [5.74, 6) is 0. The molecule has 9 aromatic carbocycles. The zero-order valence-electron chi connectivity index (χ0n) is 27.7. The molecule has 10 rings (SSSR count). The summed E-state index contributed by atoms with van der Waals surface area (Å²) in [7, 11) is 0. The molecule has 0 saturated carbocycles. The van der Waals surface area contributed by atoms with Gasteiger partial charge in [0.05, 0.1) is 0 Å². The first-order valence-electron chi connectivity index (χ1n) is 17.3. The topological polar surface area (TPSA) is 0 Å². The van der Waals surface area contributed by atoms with Gasteiger partial charge in [0.15, 0.2) is 0 Å². The van der Waals surface area contributed by atoms with Gasteiger partial charge in [-0.25, -0.2) is 0 Å². The van der Waals surface area contributed by atoms with E-state index in [9.17, 15) is 0 Å². The molecule has 0 bridgehead atoms. The van der Waals surface area contributed by atoms with Gasteiger partial charge in [-0.1, -0.05) is 166 Å². The van der Waals surface area contributed by atoms with Crippen LogP contribution in [0.15, 0.2) is 170 Å². The molecule has 0 unspecified atom stereocenters. The van der Waals surface area contributed by atoms with E-state index >= 15 is 0 Å². The smallest absolute Gasteiger partial charge is 0.0159 e. The van der Waals surface area contributed by atoms with E-state index in [2.05, 4.69) is 184 Å². The summed E-state index contributed by atoms with van der Waals surface area (Å²) in [6.07, 6.45) is 0. The van der Waals surface area contributed by atoms with Crippen molar-refractivity contribution in [1.29, 1.82) is 0 Å². The Morgan fingerprint density at radius 2 is 0.837 bits per heavy atom. The van der Waals surface area contributed by atoms with E-state index in [4.69, 9.17) is 0 Å². The molecular formula is C49H34. The Kier molecular flexibility index (Phi) is 6.02. The van der Waals surface area contributed by atoms with Crippen LogP contribution in [0.5, 0.6) is 0 Å². The van der Waals surface area contributed by atoms with E-state index in [1.807, 2.05) is 0 Å². The summed E-state index contributed by atoms with van der Waals surface area (Å²) in [5.41, 5.74) is 13.1. The lowest BCUT2D eigenvalue weighted by Crippen LogP contribution is -2.15. The highest BCUT2D eigenvalue weighted by Gasteiger charge is 2.37. The van der Waals surface area contributed by atoms with Crippen LogP contribution >= 0.6 is 0 Å². The summed E-state index contributed by atoms with van der Waals surface area (Å²) >= 11 is 0. The highest BCUT2D eigenvalue weighted by atomic mass is 14.4. The number of hydrogen-bond acceptors (Lipinski definition) is 0. The first kappa shape index (κ1) is 28.1. The van der Waals surface area contributed by atoms with Crippen molar-refractivity contribution in [2.45, 2.75) is 19.3 Å². The quantitative estimate of drug-likeness (QED) is 0.172. The Bertz CT molecular complexity index is 2740. The Labute approximate surface area is 286 Å². The van der Waals surface area contributed by atoms with Gasteiger partial charge in [0.25, 0.3) is 0 Å². The molecule has 0 nitrogen and oxygen atoms in total. The van der Waals surface area contributed by atoms with Gasteiger partial charge in [-0.2, -0.15) is 0 Å². The first-order chi connectivity index (χ1) is 24.1. The van der Waals surface area contributed by atoms with Crippen LogP contribution in [0.1, 0.15) is 25.0 Å². The molecule has 49 heavy (non-hydrogen) atoms. The number of rotatable bonds is 3. The van der Waals surface area contributed by atoms with Crippen molar-refractivity contribution < 1.29 is 0 Å². The predicted molar refractivity (Wildman–Crippen MR) is 210 cm³/mol. The fourth-order valence-electron chi connectivity index (χ4n) is 8.71. The fraction of sp³-hybridized carbons (Fsp3) is 0.0612. The number of fused-ring (bicyclic) bond motifs is 8. The van der Waals surface area contributed by atoms with E-state index in [0.29, 0.717) is 0 Å². The maximum absolute atomic E-state index is 2.52. The maximum atomic E-state index is 2.52. The Hall–Kier alpha value is -5.98. The molecule has 0 spiro atoms. The second-order valence-corrected chi connectivity index (χ2v) is 14.0. The molecule has 0 heteroatoms. The van der Waals surface area contributed by atoms with Crippen LogP contribution in [0, 0.1) is 0 Å². The van der Waals surface area contributed by atoms with Gasteiger partial charge < -0.3 is 0 Å². The van der Waals surface area contributed by atoms with Crippen LogP contribution in [-0.2, 0) is 5.41 Å². The second kappa shape index (κ2) is 10.5. The van der Waals surface area contributed by atoms with Crippen LogP contribution in [0.2, 0.25) is 0 Å². The lowest BCUT2D eigenvalue weighted by atomic mass is 9.79. The number of benzene rings is 9. The van der Waals surface area contributed by atoms with Crippen molar-refractivity contribution in [3.8, 4) is 44.5 Å². The summed E-state index contributed by atoms with van der Waals surface area (Å²) in [6.45, 7) is 4.77. The molecule has 230 valence electrons. The minimum atomic E-state index is -0.0978. The van der Waals surface area contributed by atoms with Gasteiger partial charge >= 0.3 is 0 Å².